The summed E-state index contributed by atoms with van der Waals surface area (Å²) in [5, 5.41) is 0. The number of hydrogen-bond acceptors (Lipinski definition) is 2. The van der Waals surface area contributed by atoms with Gasteiger partial charge in [0.05, 0.1) is 13.2 Å². The predicted octanol–water partition coefficient (Wildman–Crippen LogP) is 2.32. The molecule has 2 heteroatoms. The Morgan fingerprint density at radius 1 is 1.21 bits per heavy atom. The first-order valence-electron chi connectivity index (χ1n) is 6.10. The molecule has 1 heterocycles. The van der Waals surface area contributed by atoms with E-state index < -0.39 is 0 Å². The van der Waals surface area contributed by atoms with Gasteiger partial charge in [-0.15, -0.1) is 0 Å². The minimum absolute atomic E-state index is 0.478. The standard InChI is InChI=1S/C12H23NO/c1-2-7-12(8-14-9-12)10-3-5-11(13)6-4-10/h10-11H,2-9,13H2,1H3. The maximum absolute atomic E-state index is 5.94. The summed E-state index contributed by atoms with van der Waals surface area (Å²) in [5.41, 5.74) is 6.49. The smallest absolute Gasteiger partial charge is 0.0547 e. The van der Waals surface area contributed by atoms with Crippen molar-refractivity contribution in [1.82, 2.24) is 0 Å². The molecule has 0 aromatic rings. The molecule has 0 spiro atoms. The fraction of sp³-hybridized carbons (Fsp3) is 1.00. The van der Waals surface area contributed by atoms with Crippen molar-refractivity contribution < 1.29 is 4.74 Å². The lowest BCUT2D eigenvalue weighted by atomic mass is 9.64. The van der Waals surface area contributed by atoms with Crippen LogP contribution in [0.5, 0.6) is 0 Å². The molecule has 2 nitrogen and oxygen atoms in total. The largest absolute Gasteiger partial charge is 0.380 e. The molecular weight excluding hydrogens is 174 g/mol. The quantitative estimate of drug-likeness (QED) is 0.753. The highest BCUT2D eigenvalue weighted by molar-refractivity contribution is 4.94. The van der Waals surface area contributed by atoms with Crippen LogP contribution in [0.3, 0.4) is 0 Å². The van der Waals surface area contributed by atoms with E-state index in [1.54, 1.807) is 0 Å². The van der Waals surface area contributed by atoms with Crippen LogP contribution in [0.15, 0.2) is 0 Å². The summed E-state index contributed by atoms with van der Waals surface area (Å²) in [6, 6.07) is 0.478. The molecule has 14 heavy (non-hydrogen) atoms. The molecule has 1 aliphatic heterocycles. The molecule has 0 aromatic carbocycles. The molecule has 0 radical (unpaired) electrons. The van der Waals surface area contributed by atoms with Crippen molar-refractivity contribution in [1.29, 1.82) is 0 Å². The van der Waals surface area contributed by atoms with E-state index in [4.69, 9.17) is 10.5 Å². The SMILES string of the molecule is CCCC1(C2CCC(N)CC2)COC1. The van der Waals surface area contributed by atoms with E-state index in [2.05, 4.69) is 6.92 Å². The van der Waals surface area contributed by atoms with Gasteiger partial charge in [0.25, 0.3) is 0 Å². The van der Waals surface area contributed by atoms with Crippen LogP contribution in [0, 0.1) is 11.3 Å². The van der Waals surface area contributed by atoms with Gasteiger partial charge in [-0.25, -0.2) is 0 Å². The first-order valence-corrected chi connectivity index (χ1v) is 6.10. The van der Waals surface area contributed by atoms with Crippen molar-refractivity contribution >= 4 is 0 Å². The normalized spacial score (nSPS) is 36.4. The van der Waals surface area contributed by atoms with Crippen LogP contribution >= 0.6 is 0 Å². The van der Waals surface area contributed by atoms with E-state index in [0.29, 0.717) is 11.5 Å². The highest BCUT2D eigenvalue weighted by Crippen LogP contribution is 2.46. The zero-order valence-electron chi connectivity index (χ0n) is 9.30. The van der Waals surface area contributed by atoms with Crippen LogP contribution in [0.2, 0.25) is 0 Å². The van der Waals surface area contributed by atoms with Gasteiger partial charge in [-0.1, -0.05) is 13.3 Å². The lowest BCUT2D eigenvalue weighted by Crippen LogP contribution is -2.50. The Morgan fingerprint density at radius 2 is 1.86 bits per heavy atom. The second kappa shape index (κ2) is 4.19. The van der Waals surface area contributed by atoms with Gasteiger partial charge in [0.2, 0.25) is 0 Å². The summed E-state index contributed by atoms with van der Waals surface area (Å²) in [6.45, 7) is 4.32. The summed E-state index contributed by atoms with van der Waals surface area (Å²) in [5.74, 6) is 0.899. The molecule has 2 rings (SSSR count). The Bertz CT molecular complexity index is 181. The Hall–Kier alpha value is -0.0800. The number of ether oxygens (including phenoxy) is 1. The third-order valence-electron chi connectivity index (χ3n) is 4.16. The van der Waals surface area contributed by atoms with E-state index in [-0.39, 0.29) is 0 Å². The van der Waals surface area contributed by atoms with Crippen molar-refractivity contribution in [2.24, 2.45) is 17.1 Å². The van der Waals surface area contributed by atoms with Crippen LogP contribution in [0.4, 0.5) is 0 Å². The average Bonchev–Trinajstić information content (AvgIpc) is 2.13. The van der Waals surface area contributed by atoms with Gasteiger partial charge in [-0.3, -0.25) is 0 Å². The summed E-state index contributed by atoms with van der Waals surface area (Å²) in [7, 11) is 0. The van der Waals surface area contributed by atoms with Crippen LogP contribution in [-0.2, 0) is 4.74 Å². The maximum Gasteiger partial charge on any atom is 0.0547 e. The minimum atomic E-state index is 0.478. The molecule has 1 saturated carbocycles. The average molecular weight is 197 g/mol. The molecule has 1 saturated heterocycles. The van der Waals surface area contributed by atoms with Crippen molar-refractivity contribution in [2.75, 3.05) is 13.2 Å². The Labute approximate surface area is 87.2 Å². The van der Waals surface area contributed by atoms with Gasteiger partial charge >= 0.3 is 0 Å². The van der Waals surface area contributed by atoms with Crippen molar-refractivity contribution in [3.63, 3.8) is 0 Å². The first kappa shape index (κ1) is 10.4. The third-order valence-corrected chi connectivity index (χ3v) is 4.16. The lowest BCUT2D eigenvalue weighted by Gasteiger charge is -2.49. The van der Waals surface area contributed by atoms with E-state index in [0.717, 1.165) is 19.1 Å². The van der Waals surface area contributed by atoms with Gasteiger partial charge < -0.3 is 10.5 Å². The van der Waals surface area contributed by atoms with Crippen LogP contribution in [0.25, 0.3) is 0 Å². The molecule has 0 atom stereocenters. The highest BCUT2D eigenvalue weighted by atomic mass is 16.5. The molecular formula is C12H23NO. The molecule has 0 unspecified atom stereocenters. The second-order valence-corrected chi connectivity index (χ2v) is 5.22. The maximum atomic E-state index is 5.94. The second-order valence-electron chi connectivity index (χ2n) is 5.22. The number of nitrogens with two attached hydrogens (primary N) is 1. The van der Waals surface area contributed by atoms with Crippen LogP contribution in [0.1, 0.15) is 45.4 Å². The summed E-state index contributed by atoms with van der Waals surface area (Å²) < 4.78 is 5.44. The van der Waals surface area contributed by atoms with Gasteiger partial charge in [-0.05, 0) is 38.0 Å². The summed E-state index contributed by atoms with van der Waals surface area (Å²) >= 11 is 0. The van der Waals surface area contributed by atoms with E-state index >= 15 is 0 Å². The van der Waals surface area contributed by atoms with Crippen LogP contribution < -0.4 is 5.73 Å². The number of hydrogen-bond donors (Lipinski definition) is 1. The fourth-order valence-electron chi connectivity index (χ4n) is 3.18. The zero-order valence-corrected chi connectivity index (χ0v) is 9.30. The van der Waals surface area contributed by atoms with Gasteiger partial charge in [-0.2, -0.15) is 0 Å². The molecule has 2 N–H and O–H groups in total. The molecule has 2 fully saturated rings. The van der Waals surface area contributed by atoms with Gasteiger partial charge in [0.1, 0.15) is 0 Å². The van der Waals surface area contributed by atoms with E-state index in [9.17, 15) is 0 Å². The molecule has 2 aliphatic rings. The fourth-order valence-corrected chi connectivity index (χ4v) is 3.18. The zero-order chi connectivity index (χ0) is 10.0. The molecule has 0 aromatic heterocycles. The minimum Gasteiger partial charge on any atom is -0.380 e. The lowest BCUT2D eigenvalue weighted by molar-refractivity contribution is -0.157. The van der Waals surface area contributed by atoms with Crippen molar-refractivity contribution in [3.05, 3.63) is 0 Å². The summed E-state index contributed by atoms with van der Waals surface area (Å²) in [6.07, 6.45) is 7.79. The molecule has 1 aliphatic carbocycles. The van der Waals surface area contributed by atoms with Crippen LogP contribution in [-0.4, -0.2) is 19.3 Å². The number of rotatable bonds is 3. The summed E-state index contributed by atoms with van der Waals surface area (Å²) in [4.78, 5) is 0. The molecule has 0 bridgehead atoms. The predicted molar refractivity (Wildman–Crippen MR) is 58.1 cm³/mol. The first-order chi connectivity index (χ1) is 6.77. The third kappa shape index (κ3) is 1.82. The Morgan fingerprint density at radius 3 is 2.29 bits per heavy atom. The molecule has 82 valence electrons. The van der Waals surface area contributed by atoms with E-state index in [1.165, 1.54) is 38.5 Å². The highest BCUT2D eigenvalue weighted by Gasteiger charge is 2.45. The van der Waals surface area contributed by atoms with Crippen molar-refractivity contribution in [2.45, 2.75) is 51.5 Å². The van der Waals surface area contributed by atoms with E-state index in [1.807, 2.05) is 0 Å². The topological polar surface area (TPSA) is 35.2 Å². The Kier molecular flexibility index (Phi) is 3.13. The Balaban J connectivity index is 1.91. The van der Waals surface area contributed by atoms with Crippen molar-refractivity contribution in [3.8, 4) is 0 Å². The monoisotopic (exact) mass is 197 g/mol. The van der Waals surface area contributed by atoms with Gasteiger partial charge in [0, 0.05) is 11.5 Å². The molecule has 0 amide bonds. The van der Waals surface area contributed by atoms with Gasteiger partial charge in [0.15, 0.2) is 0 Å².